The second-order valence-corrected chi connectivity index (χ2v) is 4.74. The minimum absolute atomic E-state index is 0. The highest BCUT2D eigenvalue weighted by Crippen LogP contribution is 2.20. The Kier molecular flexibility index (Phi) is 4.98. The standard InChI is InChI=1S/C14H17N3O2.ClH/c1-18-12-6-4-10(5-7-12)14-16-13(19-17-14)9-11-3-2-8-15-11;/h4-7,11,15H,2-3,8-9H2,1H3;1H. The zero-order valence-corrected chi connectivity index (χ0v) is 12.2. The lowest BCUT2D eigenvalue weighted by Gasteiger charge is -2.04. The van der Waals surface area contributed by atoms with Crippen LogP contribution in [-0.4, -0.2) is 29.8 Å². The predicted octanol–water partition coefficient (Wildman–Crippen LogP) is 2.46. The molecule has 0 spiro atoms. The van der Waals surface area contributed by atoms with E-state index >= 15 is 0 Å². The van der Waals surface area contributed by atoms with Gasteiger partial charge >= 0.3 is 0 Å². The number of nitrogens with zero attached hydrogens (tertiary/aromatic N) is 2. The van der Waals surface area contributed by atoms with E-state index in [1.54, 1.807) is 7.11 Å². The lowest BCUT2D eigenvalue weighted by Crippen LogP contribution is -2.23. The van der Waals surface area contributed by atoms with Gasteiger partial charge in [0.15, 0.2) is 0 Å². The van der Waals surface area contributed by atoms with E-state index in [1.807, 2.05) is 24.3 Å². The number of ether oxygens (including phenoxy) is 1. The fourth-order valence-corrected chi connectivity index (χ4v) is 2.34. The van der Waals surface area contributed by atoms with Gasteiger partial charge in [-0.2, -0.15) is 4.98 Å². The first-order valence-corrected chi connectivity index (χ1v) is 6.55. The lowest BCUT2D eigenvalue weighted by molar-refractivity contribution is 0.364. The summed E-state index contributed by atoms with van der Waals surface area (Å²) < 4.78 is 10.4. The van der Waals surface area contributed by atoms with E-state index in [9.17, 15) is 0 Å². The van der Waals surface area contributed by atoms with Crippen molar-refractivity contribution in [3.8, 4) is 17.1 Å². The molecule has 1 fully saturated rings. The molecule has 0 aliphatic carbocycles. The van der Waals surface area contributed by atoms with Crippen LogP contribution in [0.4, 0.5) is 0 Å². The smallest absolute Gasteiger partial charge is 0.228 e. The summed E-state index contributed by atoms with van der Waals surface area (Å²) in [7, 11) is 1.65. The summed E-state index contributed by atoms with van der Waals surface area (Å²) in [5, 5.41) is 7.45. The van der Waals surface area contributed by atoms with Gasteiger partial charge in [-0.3, -0.25) is 0 Å². The summed E-state index contributed by atoms with van der Waals surface area (Å²) in [5.41, 5.74) is 0.940. The third-order valence-corrected chi connectivity index (χ3v) is 3.40. The Labute approximate surface area is 124 Å². The number of halogens is 1. The van der Waals surface area contributed by atoms with Gasteiger partial charge in [-0.1, -0.05) is 5.16 Å². The first-order valence-electron chi connectivity index (χ1n) is 6.55. The molecular weight excluding hydrogens is 278 g/mol. The Hall–Kier alpha value is -1.59. The molecule has 3 rings (SSSR count). The van der Waals surface area contributed by atoms with E-state index in [0.29, 0.717) is 17.8 Å². The number of hydrogen-bond acceptors (Lipinski definition) is 5. The topological polar surface area (TPSA) is 60.2 Å². The quantitative estimate of drug-likeness (QED) is 0.939. The van der Waals surface area contributed by atoms with Crippen LogP contribution in [0.2, 0.25) is 0 Å². The van der Waals surface area contributed by atoms with E-state index in [-0.39, 0.29) is 12.4 Å². The summed E-state index contributed by atoms with van der Waals surface area (Å²) in [6.45, 7) is 1.09. The van der Waals surface area contributed by atoms with Gasteiger partial charge in [-0.05, 0) is 43.7 Å². The molecule has 1 aromatic carbocycles. The number of benzene rings is 1. The molecule has 1 atom stereocenters. The van der Waals surface area contributed by atoms with Gasteiger partial charge in [-0.15, -0.1) is 12.4 Å². The molecule has 6 heteroatoms. The summed E-state index contributed by atoms with van der Waals surface area (Å²) >= 11 is 0. The van der Waals surface area contributed by atoms with Gasteiger partial charge in [-0.25, -0.2) is 0 Å². The Morgan fingerprint density at radius 3 is 2.80 bits per heavy atom. The van der Waals surface area contributed by atoms with E-state index in [2.05, 4.69) is 15.5 Å². The number of methoxy groups -OCH3 is 1. The van der Waals surface area contributed by atoms with Gasteiger partial charge < -0.3 is 14.6 Å². The fraction of sp³-hybridized carbons (Fsp3) is 0.429. The van der Waals surface area contributed by atoms with Crippen LogP contribution in [0, 0.1) is 0 Å². The van der Waals surface area contributed by atoms with Crippen molar-refractivity contribution in [2.75, 3.05) is 13.7 Å². The molecule has 0 radical (unpaired) electrons. The molecule has 1 aliphatic heterocycles. The Balaban J connectivity index is 0.00000147. The maximum absolute atomic E-state index is 5.31. The average Bonchev–Trinajstić information content (AvgIpc) is 3.11. The third kappa shape index (κ3) is 3.29. The summed E-state index contributed by atoms with van der Waals surface area (Å²) in [4.78, 5) is 4.44. The average molecular weight is 296 g/mol. The predicted molar refractivity (Wildman–Crippen MR) is 78.3 cm³/mol. The van der Waals surface area contributed by atoms with E-state index < -0.39 is 0 Å². The molecule has 0 bridgehead atoms. The normalized spacial score (nSPS) is 17.8. The molecule has 1 unspecified atom stereocenters. The molecule has 5 nitrogen and oxygen atoms in total. The maximum Gasteiger partial charge on any atom is 0.228 e. The van der Waals surface area contributed by atoms with Gasteiger partial charge in [0.1, 0.15) is 5.75 Å². The van der Waals surface area contributed by atoms with Crippen LogP contribution in [0.3, 0.4) is 0 Å². The van der Waals surface area contributed by atoms with E-state index in [4.69, 9.17) is 9.26 Å². The number of aromatic nitrogens is 2. The highest BCUT2D eigenvalue weighted by molar-refractivity contribution is 5.85. The SMILES string of the molecule is COc1ccc(-c2noc(CC3CCCN3)n2)cc1.Cl. The third-order valence-electron chi connectivity index (χ3n) is 3.40. The monoisotopic (exact) mass is 295 g/mol. The highest BCUT2D eigenvalue weighted by Gasteiger charge is 2.18. The second-order valence-electron chi connectivity index (χ2n) is 4.74. The van der Waals surface area contributed by atoms with Crippen LogP contribution in [0.25, 0.3) is 11.4 Å². The molecule has 1 N–H and O–H groups in total. The van der Waals surface area contributed by atoms with Crippen molar-refractivity contribution in [1.82, 2.24) is 15.5 Å². The highest BCUT2D eigenvalue weighted by atomic mass is 35.5. The molecule has 20 heavy (non-hydrogen) atoms. The molecule has 1 saturated heterocycles. The molecule has 2 aromatic rings. The van der Waals surface area contributed by atoms with Crippen LogP contribution in [0.15, 0.2) is 28.8 Å². The van der Waals surface area contributed by atoms with Crippen molar-refractivity contribution in [2.24, 2.45) is 0 Å². The van der Waals surface area contributed by atoms with Crippen molar-refractivity contribution in [3.63, 3.8) is 0 Å². The fourth-order valence-electron chi connectivity index (χ4n) is 2.34. The van der Waals surface area contributed by atoms with Crippen LogP contribution in [0.1, 0.15) is 18.7 Å². The largest absolute Gasteiger partial charge is 0.497 e. The van der Waals surface area contributed by atoms with Gasteiger partial charge in [0, 0.05) is 18.0 Å². The molecule has 108 valence electrons. The van der Waals surface area contributed by atoms with Crippen molar-refractivity contribution >= 4 is 12.4 Å². The molecule has 2 heterocycles. The van der Waals surface area contributed by atoms with Crippen molar-refractivity contribution in [3.05, 3.63) is 30.2 Å². The van der Waals surface area contributed by atoms with E-state index in [1.165, 1.54) is 12.8 Å². The minimum atomic E-state index is 0. The Bertz CT molecular complexity index is 536. The zero-order valence-electron chi connectivity index (χ0n) is 11.3. The van der Waals surface area contributed by atoms with Gasteiger partial charge in [0.05, 0.1) is 7.11 Å². The van der Waals surface area contributed by atoms with Gasteiger partial charge in [0.2, 0.25) is 11.7 Å². The van der Waals surface area contributed by atoms with Crippen LogP contribution in [0.5, 0.6) is 5.75 Å². The van der Waals surface area contributed by atoms with Crippen LogP contribution in [-0.2, 0) is 6.42 Å². The number of rotatable bonds is 4. The van der Waals surface area contributed by atoms with Crippen molar-refractivity contribution < 1.29 is 9.26 Å². The Morgan fingerprint density at radius 2 is 2.15 bits per heavy atom. The number of nitrogens with one attached hydrogen (secondary N) is 1. The second kappa shape index (κ2) is 6.72. The van der Waals surface area contributed by atoms with Gasteiger partial charge in [0.25, 0.3) is 0 Å². The molecule has 1 aliphatic rings. The first kappa shape index (κ1) is 14.8. The molecule has 1 aromatic heterocycles. The van der Waals surface area contributed by atoms with Crippen LogP contribution >= 0.6 is 12.4 Å². The molecule has 0 saturated carbocycles. The zero-order chi connectivity index (χ0) is 13.1. The van der Waals surface area contributed by atoms with Crippen molar-refractivity contribution in [1.29, 1.82) is 0 Å². The number of hydrogen-bond donors (Lipinski definition) is 1. The van der Waals surface area contributed by atoms with Crippen LogP contribution < -0.4 is 10.1 Å². The summed E-state index contributed by atoms with van der Waals surface area (Å²) in [6.07, 6.45) is 3.22. The summed E-state index contributed by atoms with van der Waals surface area (Å²) in [6, 6.07) is 8.13. The van der Waals surface area contributed by atoms with E-state index in [0.717, 1.165) is 24.3 Å². The Morgan fingerprint density at radius 1 is 1.35 bits per heavy atom. The molecule has 0 amide bonds. The maximum atomic E-state index is 5.31. The van der Waals surface area contributed by atoms with Crippen molar-refractivity contribution in [2.45, 2.75) is 25.3 Å². The first-order chi connectivity index (χ1) is 9.35. The minimum Gasteiger partial charge on any atom is -0.497 e. The lowest BCUT2D eigenvalue weighted by atomic mass is 10.1. The molecular formula is C14H18ClN3O2. The summed E-state index contributed by atoms with van der Waals surface area (Å²) in [5.74, 6) is 2.16.